The van der Waals surface area contributed by atoms with E-state index in [1.165, 1.54) is 16.9 Å². The molecule has 0 saturated heterocycles. The first-order chi connectivity index (χ1) is 10.4. The van der Waals surface area contributed by atoms with Crippen molar-refractivity contribution in [2.24, 2.45) is 0 Å². The quantitative estimate of drug-likeness (QED) is 0.838. The average Bonchev–Trinajstić information content (AvgIpc) is 3.06. The van der Waals surface area contributed by atoms with Gasteiger partial charge in [-0.3, -0.25) is 9.48 Å². The van der Waals surface area contributed by atoms with Crippen LogP contribution in [-0.2, 0) is 24.3 Å². The Morgan fingerprint density at radius 3 is 2.91 bits per heavy atom. The lowest BCUT2D eigenvalue weighted by Crippen LogP contribution is -2.30. The van der Waals surface area contributed by atoms with Crippen LogP contribution < -0.4 is 5.32 Å². The van der Waals surface area contributed by atoms with Gasteiger partial charge in [-0.2, -0.15) is 5.10 Å². The molecule has 1 amide bonds. The van der Waals surface area contributed by atoms with Crippen LogP contribution in [0.4, 0.5) is 0 Å². The lowest BCUT2D eigenvalue weighted by atomic mass is 10.3. The van der Waals surface area contributed by atoms with Crippen LogP contribution in [0, 0.1) is 6.92 Å². The standard InChI is InChI=1S/C15H23N5OS/c1-11-6-17-20(8-11)9-12(2)16-7-13-10-22-14(18-13)5-15(21)19(3)4/h6,8,10,12,16H,5,7,9H2,1-4H3/t12-/m0/s1. The SMILES string of the molecule is Cc1cnn(C[C@H](C)NCc2csc(CC(=O)N(C)C)n2)c1. The molecule has 0 bridgehead atoms. The molecule has 0 radical (unpaired) electrons. The third kappa shape index (κ3) is 4.92. The molecule has 0 saturated carbocycles. The summed E-state index contributed by atoms with van der Waals surface area (Å²) < 4.78 is 1.94. The Bertz CT molecular complexity index is 619. The minimum Gasteiger partial charge on any atom is -0.348 e. The summed E-state index contributed by atoms with van der Waals surface area (Å²) in [5.74, 6) is 0.0799. The number of likely N-dealkylation sites (N-methyl/N-ethyl adjacent to an activating group) is 1. The molecule has 0 aromatic carbocycles. The van der Waals surface area contributed by atoms with E-state index in [0.717, 1.165) is 17.2 Å². The Hall–Kier alpha value is -1.73. The van der Waals surface area contributed by atoms with Crippen LogP contribution in [0.3, 0.4) is 0 Å². The molecule has 0 aliphatic carbocycles. The first-order valence-electron chi connectivity index (χ1n) is 7.30. The molecule has 22 heavy (non-hydrogen) atoms. The van der Waals surface area contributed by atoms with E-state index in [1.807, 2.05) is 29.4 Å². The van der Waals surface area contributed by atoms with Crippen molar-refractivity contribution < 1.29 is 4.79 Å². The minimum atomic E-state index is 0.0799. The van der Waals surface area contributed by atoms with Crippen LogP contribution in [0.25, 0.3) is 0 Å². The summed E-state index contributed by atoms with van der Waals surface area (Å²) in [6.07, 6.45) is 4.27. The molecule has 2 aromatic rings. The maximum absolute atomic E-state index is 11.7. The first-order valence-corrected chi connectivity index (χ1v) is 8.18. The van der Waals surface area contributed by atoms with Crippen molar-refractivity contribution >= 4 is 17.2 Å². The highest BCUT2D eigenvalue weighted by molar-refractivity contribution is 7.09. The van der Waals surface area contributed by atoms with E-state index in [-0.39, 0.29) is 5.91 Å². The highest BCUT2D eigenvalue weighted by atomic mass is 32.1. The lowest BCUT2D eigenvalue weighted by molar-refractivity contribution is -0.127. The predicted molar refractivity (Wildman–Crippen MR) is 87.8 cm³/mol. The van der Waals surface area contributed by atoms with E-state index in [2.05, 4.69) is 22.3 Å². The van der Waals surface area contributed by atoms with E-state index in [1.54, 1.807) is 19.0 Å². The van der Waals surface area contributed by atoms with Gasteiger partial charge in [-0.15, -0.1) is 11.3 Å². The second-order valence-corrected chi connectivity index (χ2v) is 6.66. The molecule has 0 aliphatic heterocycles. The summed E-state index contributed by atoms with van der Waals surface area (Å²) in [4.78, 5) is 17.8. The second kappa shape index (κ2) is 7.51. The van der Waals surface area contributed by atoms with Gasteiger partial charge in [0.25, 0.3) is 0 Å². The van der Waals surface area contributed by atoms with Gasteiger partial charge in [-0.1, -0.05) is 0 Å². The summed E-state index contributed by atoms with van der Waals surface area (Å²) in [7, 11) is 3.52. The summed E-state index contributed by atoms with van der Waals surface area (Å²) in [5.41, 5.74) is 2.15. The largest absolute Gasteiger partial charge is 0.348 e. The van der Waals surface area contributed by atoms with E-state index in [9.17, 15) is 4.79 Å². The maximum atomic E-state index is 11.7. The van der Waals surface area contributed by atoms with Crippen molar-refractivity contribution in [3.63, 3.8) is 0 Å². The lowest BCUT2D eigenvalue weighted by Gasteiger charge is -2.12. The van der Waals surface area contributed by atoms with Crippen molar-refractivity contribution in [1.82, 2.24) is 25.0 Å². The summed E-state index contributed by atoms with van der Waals surface area (Å²) in [6.45, 7) is 5.69. The van der Waals surface area contributed by atoms with E-state index in [4.69, 9.17) is 0 Å². The Morgan fingerprint density at radius 2 is 2.27 bits per heavy atom. The molecule has 0 aliphatic rings. The summed E-state index contributed by atoms with van der Waals surface area (Å²) >= 11 is 1.54. The molecule has 1 atom stereocenters. The van der Waals surface area contributed by atoms with E-state index >= 15 is 0 Å². The van der Waals surface area contributed by atoms with Crippen molar-refractivity contribution in [1.29, 1.82) is 0 Å². The van der Waals surface area contributed by atoms with Crippen molar-refractivity contribution in [2.75, 3.05) is 14.1 Å². The number of thiazole rings is 1. The molecule has 7 heteroatoms. The number of nitrogens with zero attached hydrogens (tertiary/aromatic N) is 4. The molecule has 0 spiro atoms. The minimum absolute atomic E-state index is 0.0799. The predicted octanol–water partition coefficient (Wildman–Crippen LogP) is 1.46. The molecular formula is C15H23N5OS. The maximum Gasteiger partial charge on any atom is 0.228 e. The first kappa shape index (κ1) is 16.6. The normalized spacial score (nSPS) is 12.4. The fourth-order valence-corrected chi connectivity index (χ4v) is 2.77. The Labute approximate surface area is 135 Å². The van der Waals surface area contributed by atoms with Crippen LogP contribution in [0.1, 0.15) is 23.2 Å². The molecule has 0 fully saturated rings. The topological polar surface area (TPSA) is 63.1 Å². The van der Waals surface area contributed by atoms with E-state index in [0.29, 0.717) is 19.0 Å². The molecular weight excluding hydrogens is 298 g/mol. The smallest absolute Gasteiger partial charge is 0.228 e. The van der Waals surface area contributed by atoms with Gasteiger partial charge in [0, 0.05) is 38.3 Å². The number of rotatable bonds is 7. The van der Waals surface area contributed by atoms with Gasteiger partial charge in [-0.05, 0) is 19.4 Å². The van der Waals surface area contributed by atoms with Crippen LogP contribution in [0.15, 0.2) is 17.8 Å². The number of hydrogen-bond donors (Lipinski definition) is 1. The molecule has 120 valence electrons. The number of carbonyl (C=O) groups is 1. The molecule has 2 rings (SSSR count). The van der Waals surface area contributed by atoms with Crippen LogP contribution in [-0.4, -0.2) is 45.7 Å². The zero-order valence-electron chi connectivity index (χ0n) is 13.5. The Balaban J connectivity index is 1.79. The Morgan fingerprint density at radius 1 is 1.50 bits per heavy atom. The number of aryl methyl sites for hydroxylation is 1. The zero-order chi connectivity index (χ0) is 16.1. The third-order valence-electron chi connectivity index (χ3n) is 3.26. The fourth-order valence-electron chi connectivity index (χ4n) is 1.99. The molecule has 2 heterocycles. The second-order valence-electron chi connectivity index (χ2n) is 5.72. The number of aromatic nitrogens is 3. The van der Waals surface area contributed by atoms with Crippen molar-refractivity contribution in [3.8, 4) is 0 Å². The molecule has 6 nitrogen and oxygen atoms in total. The van der Waals surface area contributed by atoms with Crippen molar-refractivity contribution in [2.45, 2.75) is 39.4 Å². The van der Waals surface area contributed by atoms with Gasteiger partial charge >= 0.3 is 0 Å². The van der Waals surface area contributed by atoms with Gasteiger partial charge in [0.05, 0.1) is 24.9 Å². The van der Waals surface area contributed by atoms with E-state index < -0.39 is 0 Å². The van der Waals surface area contributed by atoms with Crippen LogP contribution in [0.2, 0.25) is 0 Å². The van der Waals surface area contributed by atoms with Gasteiger partial charge < -0.3 is 10.2 Å². The number of hydrogen-bond acceptors (Lipinski definition) is 5. The van der Waals surface area contributed by atoms with Crippen LogP contribution >= 0.6 is 11.3 Å². The monoisotopic (exact) mass is 321 g/mol. The van der Waals surface area contributed by atoms with Gasteiger partial charge in [-0.25, -0.2) is 4.98 Å². The number of amides is 1. The highest BCUT2D eigenvalue weighted by Crippen LogP contribution is 2.11. The highest BCUT2D eigenvalue weighted by Gasteiger charge is 2.10. The third-order valence-corrected chi connectivity index (χ3v) is 4.15. The summed E-state index contributed by atoms with van der Waals surface area (Å²) in [6, 6.07) is 0.299. The fraction of sp³-hybridized carbons (Fsp3) is 0.533. The van der Waals surface area contributed by atoms with Gasteiger partial charge in [0.2, 0.25) is 5.91 Å². The van der Waals surface area contributed by atoms with Gasteiger partial charge in [0.15, 0.2) is 0 Å². The summed E-state index contributed by atoms with van der Waals surface area (Å²) in [5, 5.41) is 10.6. The van der Waals surface area contributed by atoms with Gasteiger partial charge in [0.1, 0.15) is 5.01 Å². The van der Waals surface area contributed by atoms with Crippen molar-refractivity contribution in [3.05, 3.63) is 34.0 Å². The molecule has 0 unspecified atom stereocenters. The molecule has 2 aromatic heterocycles. The number of carbonyl (C=O) groups excluding carboxylic acids is 1. The zero-order valence-corrected chi connectivity index (χ0v) is 14.4. The Kier molecular flexibility index (Phi) is 5.68. The molecule has 1 N–H and O–H groups in total. The average molecular weight is 321 g/mol. The number of nitrogens with one attached hydrogen (secondary N) is 1. The van der Waals surface area contributed by atoms with Crippen LogP contribution in [0.5, 0.6) is 0 Å².